The Morgan fingerprint density at radius 1 is 1.14 bits per heavy atom. The second-order valence-electron chi connectivity index (χ2n) is 6.54. The van der Waals surface area contributed by atoms with Gasteiger partial charge in [-0.05, 0) is 29.8 Å². The second-order valence-corrected chi connectivity index (χ2v) is 6.54. The molecule has 1 heterocycles. The molecule has 6 nitrogen and oxygen atoms in total. The first-order valence-corrected chi connectivity index (χ1v) is 9.25. The molecule has 1 aliphatic heterocycles. The fraction of sp³-hybridized carbons (Fsp3) is 0.273. The average molecular weight is 399 g/mol. The number of amides is 1. The van der Waals surface area contributed by atoms with E-state index in [9.17, 15) is 14.0 Å². The Kier molecular flexibility index (Phi) is 6.84. The molecule has 1 aliphatic rings. The number of hydrogen-bond acceptors (Lipinski definition) is 5. The zero-order valence-electron chi connectivity index (χ0n) is 16.1. The number of benzene rings is 2. The normalized spacial score (nSPS) is 13.0. The molecule has 0 fully saturated rings. The van der Waals surface area contributed by atoms with Crippen molar-refractivity contribution >= 4 is 18.0 Å². The standard InChI is InChI=1S/C22H22FNO5/c1-24(14-17-5-2-3-6-18(17)23)21(25)15-29-22(26)10-8-16-7-9-19-20(13-16)28-12-4-11-27-19/h2-3,5-10,13H,4,11-12,14-15H2,1H3/b10-8+. The summed E-state index contributed by atoms with van der Waals surface area (Å²) in [4.78, 5) is 25.3. The summed E-state index contributed by atoms with van der Waals surface area (Å²) < 4.78 is 29.8. The molecular formula is C22H22FNO5. The molecule has 0 saturated heterocycles. The van der Waals surface area contributed by atoms with Crippen LogP contribution in [0.4, 0.5) is 4.39 Å². The number of fused-ring (bicyclic) bond motifs is 1. The number of rotatable bonds is 6. The minimum atomic E-state index is -0.648. The molecule has 3 rings (SSSR count). The molecule has 0 radical (unpaired) electrons. The highest BCUT2D eigenvalue weighted by Gasteiger charge is 2.13. The van der Waals surface area contributed by atoms with E-state index < -0.39 is 18.5 Å². The van der Waals surface area contributed by atoms with Gasteiger partial charge in [-0.15, -0.1) is 0 Å². The summed E-state index contributed by atoms with van der Waals surface area (Å²) in [6.07, 6.45) is 3.62. The van der Waals surface area contributed by atoms with Gasteiger partial charge in [-0.3, -0.25) is 4.79 Å². The Hall–Kier alpha value is -3.35. The number of carbonyl (C=O) groups excluding carboxylic acids is 2. The van der Waals surface area contributed by atoms with Crippen molar-refractivity contribution in [3.8, 4) is 11.5 Å². The van der Waals surface area contributed by atoms with Crippen molar-refractivity contribution in [2.75, 3.05) is 26.9 Å². The van der Waals surface area contributed by atoms with Gasteiger partial charge >= 0.3 is 5.97 Å². The molecule has 0 N–H and O–H groups in total. The summed E-state index contributed by atoms with van der Waals surface area (Å²) in [6.45, 7) is 0.851. The molecule has 0 bridgehead atoms. The number of esters is 1. The predicted octanol–water partition coefficient (Wildman–Crippen LogP) is 3.20. The van der Waals surface area contributed by atoms with Gasteiger partial charge in [0.2, 0.25) is 0 Å². The Labute approximate surface area is 168 Å². The van der Waals surface area contributed by atoms with Crippen LogP contribution in [0.2, 0.25) is 0 Å². The van der Waals surface area contributed by atoms with Crippen LogP contribution in [0, 0.1) is 5.82 Å². The van der Waals surface area contributed by atoms with Crippen LogP contribution in [0.5, 0.6) is 11.5 Å². The minimum Gasteiger partial charge on any atom is -0.490 e. The van der Waals surface area contributed by atoms with Gasteiger partial charge in [0.25, 0.3) is 5.91 Å². The molecule has 2 aromatic rings. The van der Waals surface area contributed by atoms with Crippen molar-refractivity contribution in [1.82, 2.24) is 4.90 Å². The quantitative estimate of drug-likeness (QED) is 0.551. The van der Waals surface area contributed by atoms with E-state index in [1.54, 1.807) is 42.5 Å². The summed E-state index contributed by atoms with van der Waals surface area (Å²) in [6, 6.07) is 11.6. The lowest BCUT2D eigenvalue weighted by Crippen LogP contribution is -2.30. The number of likely N-dealkylation sites (N-methyl/N-ethyl adjacent to an activating group) is 1. The van der Waals surface area contributed by atoms with Gasteiger partial charge in [0.1, 0.15) is 5.82 Å². The van der Waals surface area contributed by atoms with Crippen molar-refractivity contribution in [2.24, 2.45) is 0 Å². The lowest BCUT2D eigenvalue weighted by molar-refractivity contribution is -0.147. The maximum absolute atomic E-state index is 13.7. The Morgan fingerprint density at radius 2 is 1.90 bits per heavy atom. The first-order chi connectivity index (χ1) is 14.0. The molecule has 7 heteroatoms. The van der Waals surface area contributed by atoms with E-state index in [1.807, 2.05) is 0 Å². The van der Waals surface area contributed by atoms with Gasteiger partial charge in [-0.1, -0.05) is 24.3 Å². The molecule has 2 aromatic carbocycles. The van der Waals surface area contributed by atoms with Gasteiger partial charge < -0.3 is 19.1 Å². The predicted molar refractivity (Wildman–Crippen MR) is 105 cm³/mol. The van der Waals surface area contributed by atoms with Gasteiger partial charge in [-0.25, -0.2) is 9.18 Å². The van der Waals surface area contributed by atoms with E-state index in [-0.39, 0.29) is 12.4 Å². The van der Waals surface area contributed by atoms with E-state index in [4.69, 9.17) is 14.2 Å². The third-order valence-electron chi connectivity index (χ3n) is 4.31. The second kappa shape index (κ2) is 9.73. The van der Waals surface area contributed by atoms with Crippen molar-refractivity contribution in [1.29, 1.82) is 0 Å². The highest BCUT2D eigenvalue weighted by Crippen LogP contribution is 2.30. The van der Waals surface area contributed by atoms with Gasteiger partial charge in [0.15, 0.2) is 18.1 Å². The molecule has 152 valence electrons. The van der Waals surface area contributed by atoms with E-state index in [0.717, 1.165) is 12.0 Å². The third-order valence-corrected chi connectivity index (χ3v) is 4.31. The first-order valence-electron chi connectivity index (χ1n) is 9.25. The highest BCUT2D eigenvalue weighted by atomic mass is 19.1. The van der Waals surface area contributed by atoms with E-state index >= 15 is 0 Å². The molecular weight excluding hydrogens is 377 g/mol. The minimum absolute atomic E-state index is 0.0933. The van der Waals surface area contributed by atoms with Crippen LogP contribution in [0.15, 0.2) is 48.5 Å². The number of halogens is 1. The molecule has 0 aliphatic carbocycles. The summed E-state index contributed by atoms with van der Waals surface area (Å²) in [5.41, 5.74) is 1.14. The van der Waals surface area contributed by atoms with Gasteiger partial charge in [0, 0.05) is 31.7 Å². The number of hydrogen-bond donors (Lipinski definition) is 0. The van der Waals surface area contributed by atoms with Crippen molar-refractivity contribution in [2.45, 2.75) is 13.0 Å². The van der Waals surface area contributed by atoms with Crippen molar-refractivity contribution in [3.63, 3.8) is 0 Å². The smallest absolute Gasteiger partial charge is 0.331 e. The van der Waals surface area contributed by atoms with Crippen molar-refractivity contribution < 1.29 is 28.2 Å². The van der Waals surface area contributed by atoms with Crippen LogP contribution >= 0.6 is 0 Å². The monoisotopic (exact) mass is 399 g/mol. The number of carbonyl (C=O) groups is 2. The SMILES string of the molecule is CN(Cc1ccccc1F)C(=O)COC(=O)/C=C/c1ccc2c(c1)OCCCO2. The maximum Gasteiger partial charge on any atom is 0.331 e. The zero-order chi connectivity index (χ0) is 20.6. The molecule has 0 unspecified atom stereocenters. The van der Waals surface area contributed by atoms with Crippen molar-refractivity contribution in [3.05, 3.63) is 65.5 Å². The van der Waals surface area contributed by atoms with Crippen LogP contribution in [-0.2, 0) is 20.9 Å². The summed E-state index contributed by atoms with van der Waals surface area (Å²) in [5.74, 6) is -0.161. The fourth-order valence-electron chi connectivity index (χ4n) is 2.71. The summed E-state index contributed by atoms with van der Waals surface area (Å²) in [7, 11) is 1.52. The molecule has 1 amide bonds. The lowest BCUT2D eigenvalue weighted by Gasteiger charge is -2.17. The Bertz CT molecular complexity index is 912. The Balaban J connectivity index is 1.49. The highest BCUT2D eigenvalue weighted by molar-refractivity contribution is 5.89. The summed E-state index contributed by atoms with van der Waals surface area (Å²) >= 11 is 0. The summed E-state index contributed by atoms with van der Waals surface area (Å²) in [5, 5.41) is 0. The van der Waals surface area contributed by atoms with E-state index in [1.165, 1.54) is 24.1 Å². The largest absolute Gasteiger partial charge is 0.490 e. The van der Waals surface area contributed by atoms with Crippen LogP contribution < -0.4 is 9.47 Å². The van der Waals surface area contributed by atoms with Gasteiger partial charge in [-0.2, -0.15) is 0 Å². The maximum atomic E-state index is 13.7. The average Bonchev–Trinajstić information content (AvgIpc) is 2.97. The zero-order valence-corrected chi connectivity index (χ0v) is 16.1. The Morgan fingerprint density at radius 3 is 2.69 bits per heavy atom. The van der Waals surface area contributed by atoms with Crippen LogP contribution in [0.25, 0.3) is 6.08 Å². The van der Waals surface area contributed by atoms with E-state index in [2.05, 4.69) is 0 Å². The topological polar surface area (TPSA) is 65.1 Å². The number of nitrogens with zero attached hydrogens (tertiary/aromatic N) is 1. The molecule has 0 atom stereocenters. The molecule has 0 saturated carbocycles. The number of ether oxygens (including phenoxy) is 3. The van der Waals surface area contributed by atoms with Crippen LogP contribution in [-0.4, -0.2) is 43.6 Å². The fourth-order valence-corrected chi connectivity index (χ4v) is 2.71. The molecule has 0 aromatic heterocycles. The third kappa shape index (κ3) is 5.81. The first kappa shape index (κ1) is 20.4. The van der Waals surface area contributed by atoms with Crippen LogP contribution in [0.3, 0.4) is 0 Å². The molecule has 0 spiro atoms. The van der Waals surface area contributed by atoms with E-state index in [0.29, 0.717) is 30.3 Å². The van der Waals surface area contributed by atoms with Gasteiger partial charge in [0.05, 0.1) is 13.2 Å². The lowest BCUT2D eigenvalue weighted by atomic mass is 10.2. The van der Waals surface area contributed by atoms with Crippen LogP contribution in [0.1, 0.15) is 17.5 Å². The molecule has 29 heavy (non-hydrogen) atoms.